The first-order chi connectivity index (χ1) is 20.5. The number of rotatable bonds is 10. The van der Waals surface area contributed by atoms with Gasteiger partial charge >= 0.3 is 0 Å². The molecule has 0 radical (unpaired) electrons. The number of allylic oxidation sites excluding steroid dienone is 4. The first kappa shape index (κ1) is 29.9. The Balaban J connectivity index is 1.21. The van der Waals surface area contributed by atoms with Crippen molar-refractivity contribution in [2.75, 3.05) is 6.61 Å². The molecule has 0 spiro atoms. The molecule has 0 saturated heterocycles. The quantitative estimate of drug-likeness (QED) is 0.220. The van der Waals surface area contributed by atoms with Crippen LogP contribution < -0.4 is 4.74 Å². The molecule has 0 aromatic heterocycles. The van der Waals surface area contributed by atoms with Crippen molar-refractivity contribution in [1.29, 1.82) is 0 Å². The van der Waals surface area contributed by atoms with E-state index in [1.165, 1.54) is 68.7 Å². The van der Waals surface area contributed by atoms with E-state index in [-0.39, 0.29) is 23.7 Å². The van der Waals surface area contributed by atoms with Crippen LogP contribution in [0.15, 0.2) is 85.5 Å². The van der Waals surface area contributed by atoms with Gasteiger partial charge < -0.3 is 4.74 Å². The minimum Gasteiger partial charge on any atom is -0.486 e. The van der Waals surface area contributed by atoms with Crippen molar-refractivity contribution < 1.29 is 17.9 Å². The molecule has 0 aliphatic heterocycles. The van der Waals surface area contributed by atoms with Gasteiger partial charge in [-0.1, -0.05) is 80.1 Å². The van der Waals surface area contributed by atoms with Crippen LogP contribution in [0.3, 0.4) is 0 Å². The van der Waals surface area contributed by atoms with Crippen LogP contribution in [0.4, 0.5) is 13.2 Å². The van der Waals surface area contributed by atoms with Crippen LogP contribution in [-0.4, -0.2) is 6.61 Å². The molecule has 1 nitrogen and oxygen atoms in total. The van der Waals surface area contributed by atoms with Crippen LogP contribution in [0.25, 0.3) is 27.8 Å². The summed E-state index contributed by atoms with van der Waals surface area (Å²) in [6.45, 7) is 5.71. The molecular formula is C38H41F3O. The van der Waals surface area contributed by atoms with E-state index < -0.39 is 11.6 Å². The maximum absolute atomic E-state index is 15.3. The third kappa shape index (κ3) is 6.91. The molecule has 42 heavy (non-hydrogen) atoms. The van der Waals surface area contributed by atoms with Gasteiger partial charge in [-0.15, -0.1) is 0 Å². The second kappa shape index (κ2) is 14.1. The lowest BCUT2D eigenvalue weighted by Crippen LogP contribution is -2.23. The minimum atomic E-state index is -1.04. The van der Waals surface area contributed by atoms with Crippen LogP contribution in [0, 0.1) is 35.2 Å². The predicted octanol–water partition coefficient (Wildman–Crippen LogP) is 11.3. The summed E-state index contributed by atoms with van der Waals surface area (Å²) in [6, 6.07) is 15.2. The van der Waals surface area contributed by atoms with Crippen molar-refractivity contribution in [2.24, 2.45) is 17.8 Å². The van der Waals surface area contributed by atoms with Crippen molar-refractivity contribution in [3.63, 3.8) is 0 Å². The zero-order chi connectivity index (χ0) is 29.5. The Labute approximate surface area is 248 Å². The van der Waals surface area contributed by atoms with Gasteiger partial charge in [0.2, 0.25) is 5.82 Å². The lowest BCUT2D eigenvalue weighted by atomic mass is 9.70. The summed E-state index contributed by atoms with van der Waals surface area (Å²) in [7, 11) is 0. The number of benzene rings is 3. The highest BCUT2D eigenvalue weighted by molar-refractivity contribution is 5.74. The van der Waals surface area contributed by atoms with E-state index in [2.05, 4.69) is 31.7 Å². The zero-order valence-electron chi connectivity index (χ0n) is 24.6. The van der Waals surface area contributed by atoms with Crippen LogP contribution in [0.2, 0.25) is 0 Å². The van der Waals surface area contributed by atoms with Crippen molar-refractivity contribution >= 4 is 5.57 Å². The Hall–Kier alpha value is -3.53. The van der Waals surface area contributed by atoms with Crippen molar-refractivity contribution in [3.8, 4) is 28.0 Å². The molecule has 1 saturated carbocycles. The average Bonchev–Trinajstić information content (AvgIpc) is 3.02. The van der Waals surface area contributed by atoms with E-state index in [0.717, 1.165) is 36.2 Å². The first-order valence-corrected chi connectivity index (χ1v) is 15.4. The smallest absolute Gasteiger partial charge is 0.201 e. The zero-order valence-corrected chi connectivity index (χ0v) is 24.6. The maximum atomic E-state index is 15.3. The summed E-state index contributed by atoms with van der Waals surface area (Å²) < 4.78 is 49.7. The van der Waals surface area contributed by atoms with E-state index in [1.807, 2.05) is 12.1 Å². The molecule has 3 aromatic rings. The summed E-state index contributed by atoms with van der Waals surface area (Å²) in [5, 5.41) is 0. The standard InChI is InChI=1S/C38H41F3O/c1-3-5-6-7-26-8-10-27(11-9-26)28-12-14-29(15-13-28)32-20-21-33(35(39)25-32)30-16-18-31(19-17-30)34-22-23-36(42-24-4-2)38(41)37(34)40/h3-5,14,16-23,25-28H,2,6-13,15,24H2,1H3/b5-3+. The second-order valence-corrected chi connectivity index (χ2v) is 11.8. The van der Waals surface area contributed by atoms with Gasteiger partial charge in [0, 0.05) is 11.1 Å². The molecule has 1 fully saturated rings. The molecule has 1 atom stereocenters. The second-order valence-electron chi connectivity index (χ2n) is 11.8. The Morgan fingerprint density at radius 1 is 0.810 bits per heavy atom. The van der Waals surface area contributed by atoms with E-state index >= 15 is 4.39 Å². The van der Waals surface area contributed by atoms with Crippen molar-refractivity contribution in [3.05, 3.63) is 108 Å². The van der Waals surface area contributed by atoms with Gasteiger partial charge in [0.05, 0.1) is 0 Å². The number of ether oxygens (including phenoxy) is 1. The molecular weight excluding hydrogens is 529 g/mol. The molecule has 3 aromatic carbocycles. The summed E-state index contributed by atoms with van der Waals surface area (Å²) in [5.41, 5.74) is 4.01. The molecule has 0 amide bonds. The summed E-state index contributed by atoms with van der Waals surface area (Å²) in [4.78, 5) is 0. The van der Waals surface area contributed by atoms with E-state index in [1.54, 1.807) is 30.3 Å². The molecule has 4 heteroatoms. The Kier molecular flexibility index (Phi) is 10.0. The SMILES string of the molecule is C=CCOc1ccc(-c2ccc(-c3ccc(C4=CCC(C5CCC(CC/C=C/C)CC5)CC4)cc3F)cc2)c(F)c1F. The molecule has 1 unspecified atom stereocenters. The summed E-state index contributed by atoms with van der Waals surface area (Å²) >= 11 is 0. The molecule has 220 valence electrons. The molecule has 0 N–H and O–H groups in total. The number of halogens is 3. The number of hydrogen-bond acceptors (Lipinski definition) is 1. The highest BCUT2D eigenvalue weighted by atomic mass is 19.2. The highest BCUT2D eigenvalue weighted by Gasteiger charge is 2.28. The Morgan fingerprint density at radius 2 is 1.50 bits per heavy atom. The Morgan fingerprint density at radius 3 is 2.14 bits per heavy atom. The molecule has 2 aliphatic rings. The highest BCUT2D eigenvalue weighted by Crippen LogP contribution is 2.42. The lowest BCUT2D eigenvalue weighted by Gasteiger charge is -2.35. The fraction of sp³-hybridized carbons (Fsp3) is 0.368. The van der Waals surface area contributed by atoms with Crippen molar-refractivity contribution in [2.45, 2.75) is 64.7 Å². The fourth-order valence-electron chi connectivity index (χ4n) is 6.78. The van der Waals surface area contributed by atoms with Gasteiger partial charge in [-0.3, -0.25) is 0 Å². The normalized spacial score (nSPS) is 20.9. The van der Waals surface area contributed by atoms with E-state index in [0.29, 0.717) is 16.7 Å². The van der Waals surface area contributed by atoms with Gasteiger partial charge in [-0.25, -0.2) is 8.78 Å². The number of hydrogen-bond donors (Lipinski definition) is 0. The molecule has 0 bridgehead atoms. The topological polar surface area (TPSA) is 9.23 Å². The van der Waals surface area contributed by atoms with Gasteiger partial charge in [-0.2, -0.15) is 4.39 Å². The minimum absolute atomic E-state index is 0.0884. The van der Waals surface area contributed by atoms with Crippen molar-refractivity contribution in [1.82, 2.24) is 0 Å². The largest absolute Gasteiger partial charge is 0.486 e. The van der Waals surface area contributed by atoms with E-state index in [4.69, 9.17) is 4.74 Å². The fourth-order valence-corrected chi connectivity index (χ4v) is 6.78. The Bertz CT molecular complexity index is 1430. The third-order valence-electron chi connectivity index (χ3n) is 9.24. The average molecular weight is 571 g/mol. The summed E-state index contributed by atoms with van der Waals surface area (Å²) in [6.07, 6.45) is 19.5. The van der Waals surface area contributed by atoms with E-state index in [9.17, 15) is 8.78 Å². The lowest BCUT2D eigenvalue weighted by molar-refractivity contribution is 0.190. The van der Waals surface area contributed by atoms with Crippen LogP contribution in [0.5, 0.6) is 5.75 Å². The van der Waals surface area contributed by atoms with Gasteiger partial charge in [-0.05, 0) is 110 Å². The van der Waals surface area contributed by atoms with Crippen LogP contribution >= 0.6 is 0 Å². The molecule has 5 rings (SSSR count). The maximum Gasteiger partial charge on any atom is 0.201 e. The first-order valence-electron chi connectivity index (χ1n) is 15.4. The third-order valence-corrected chi connectivity index (χ3v) is 9.24. The van der Waals surface area contributed by atoms with Gasteiger partial charge in [0.15, 0.2) is 11.6 Å². The summed E-state index contributed by atoms with van der Waals surface area (Å²) in [5.74, 6) is 0.0286. The molecule has 2 aliphatic carbocycles. The monoisotopic (exact) mass is 570 g/mol. The van der Waals surface area contributed by atoms with Crippen LogP contribution in [0.1, 0.15) is 70.3 Å². The predicted molar refractivity (Wildman–Crippen MR) is 168 cm³/mol. The molecule has 0 heterocycles. The van der Waals surface area contributed by atoms with Gasteiger partial charge in [0.1, 0.15) is 12.4 Å². The van der Waals surface area contributed by atoms with Gasteiger partial charge in [0.25, 0.3) is 0 Å². The van der Waals surface area contributed by atoms with Crippen LogP contribution in [-0.2, 0) is 0 Å².